The first-order valence-corrected chi connectivity index (χ1v) is 9.23. The van der Waals surface area contributed by atoms with Gasteiger partial charge in [-0.05, 0) is 24.5 Å². The molecule has 1 spiro atoms. The molecule has 8 heteroatoms. The van der Waals surface area contributed by atoms with E-state index in [0.717, 1.165) is 12.0 Å². The molecule has 2 bridgehead atoms. The lowest BCUT2D eigenvalue weighted by molar-refractivity contribution is -0.165. The second-order valence-corrected chi connectivity index (χ2v) is 7.77. The van der Waals surface area contributed by atoms with Crippen LogP contribution in [0.5, 0.6) is 0 Å². The van der Waals surface area contributed by atoms with Crippen LogP contribution in [-0.4, -0.2) is 65.6 Å². The molecule has 2 N–H and O–H groups in total. The number of fused-ring (bicyclic) bond motifs is 4. The molecule has 8 nitrogen and oxygen atoms in total. The highest BCUT2D eigenvalue weighted by Crippen LogP contribution is 2.51. The van der Waals surface area contributed by atoms with Crippen LogP contribution in [0.1, 0.15) is 26.2 Å². The van der Waals surface area contributed by atoms with Crippen LogP contribution in [0.2, 0.25) is 0 Å². The minimum absolute atomic E-state index is 0.0796. The zero-order valence-corrected chi connectivity index (χ0v) is 15.1. The molecule has 0 amide bonds. The second kappa shape index (κ2) is 6.70. The Balaban J connectivity index is 1.72. The number of carbonyl (C=O) groups excluding carboxylic acids is 2. The summed E-state index contributed by atoms with van der Waals surface area (Å²) in [7, 11) is 0. The van der Waals surface area contributed by atoms with Gasteiger partial charge in [0.05, 0.1) is 30.8 Å². The molecule has 0 unspecified atom stereocenters. The van der Waals surface area contributed by atoms with E-state index in [1.165, 1.54) is 0 Å². The number of hydrogen-bond donors (Lipinski definition) is 2. The molecule has 148 valence electrons. The molecule has 1 aliphatic carbocycles. The number of aliphatic hydroxyl groups excluding tert-OH is 2. The number of hydrogen-bond acceptors (Lipinski definition) is 8. The van der Waals surface area contributed by atoms with Gasteiger partial charge in [0.25, 0.3) is 0 Å². The number of epoxide rings is 1. The maximum Gasteiger partial charge on any atom is 0.336 e. The van der Waals surface area contributed by atoms with E-state index in [9.17, 15) is 14.7 Å². The first-order valence-electron chi connectivity index (χ1n) is 9.23. The van der Waals surface area contributed by atoms with E-state index in [0.29, 0.717) is 6.42 Å². The summed E-state index contributed by atoms with van der Waals surface area (Å²) in [6.07, 6.45) is 0.784. The second-order valence-electron chi connectivity index (χ2n) is 7.77. The van der Waals surface area contributed by atoms with Gasteiger partial charge in [0.2, 0.25) is 0 Å². The fourth-order valence-electron chi connectivity index (χ4n) is 4.41. The van der Waals surface area contributed by atoms with Crippen molar-refractivity contribution in [3.8, 4) is 0 Å². The molecule has 4 heterocycles. The van der Waals surface area contributed by atoms with Crippen molar-refractivity contribution in [2.24, 2.45) is 11.8 Å². The molecule has 7 atom stereocenters. The summed E-state index contributed by atoms with van der Waals surface area (Å²) in [5, 5.41) is 19.7. The zero-order valence-electron chi connectivity index (χ0n) is 15.1. The average Bonchev–Trinajstić information content (AvgIpc) is 3.26. The van der Waals surface area contributed by atoms with Crippen molar-refractivity contribution in [2.75, 3.05) is 13.2 Å². The third-order valence-corrected chi connectivity index (χ3v) is 6.09. The molecule has 5 aliphatic rings. The Morgan fingerprint density at radius 3 is 3.00 bits per heavy atom. The Kier molecular flexibility index (Phi) is 4.62. The molecular weight excluding hydrogens is 356 g/mol. The van der Waals surface area contributed by atoms with Crippen molar-refractivity contribution < 1.29 is 38.7 Å². The molecule has 4 aliphatic heterocycles. The third-order valence-electron chi connectivity index (χ3n) is 6.09. The highest BCUT2D eigenvalue weighted by Gasteiger charge is 2.65. The normalized spacial score (nSPS) is 44.9. The molecular formula is C19H24O8. The van der Waals surface area contributed by atoms with Crippen LogP contribution in [0, 0.1) is 11.8 Å². The predicted octanol–water partition coefficient (Wildman–Crippen LogP) is 0.221. The SMILES string of the molecule is C=C(CO)C(=O)O[C@H]1C[C@@]23O[C@@H]2CC/C(=C/[C@H]2OC(=O)[C@@H](C)[C@H]12)CO[C@@H]3O. The molecule has 0 radical (unpaired) electrons. The first kappa shape index (κ1) is 18.6. The first-order chi connectivity index (χ1) is 12.9. The van der Waals surface area contributed by atoms with E-state index < -0.39 is 48.5 Å². The van der Waals surface area contributed by atoms with Crippen LogP contribution in [0.3, 0.4) is 0 Å². The summed E-state index contributed by atoms with van der Waals surface area (Å²) in [5.41, 5.74) is -0.129. The fourth-order valence-corrected chi connectivity index (χ4v) is 4.41. The molecule has 0 aromatic heterocycles. The lowest BCUT2D eigenvalue weighted by Gasteiger charge is -2.34. The van der Waals surface area contributed by atoms with Gasteiger partial charge in [0, 0.05) is 12.3 Å². The summed E-state index contributed by atoms with van der Waals surface area (Å²) in [6.45, 7) is 4.95. The molecule has 0 saturated carbocycles. The highest BCUT2D eigenvalue weighted by atomic mass is 16.7. The van der Waals surface area contributed by atoms with Crippen LogP contribution in [-0.2, 0) is 28.5 Å². The number of esters is 2. The average molecular weight is 380 g/mol. The largest absolute Gasteiger partial charge is 0.458 e. The predicted molar refractivity (Wildman–Crippen MR) is 90.1 cm³/mol. The number of aliphatic hydroxyl groups is 2. The molecule has 0 aromatic carbocycles. The van der Waals surface area contributed by atoms with Gasteiger partial charge >= 0.3 is 11.9 Å². The van der Waals surface area contributed by atoms with Crippen LogP contribution in [0.4, 0.5) is 0 Å². The van der Waals surface area contributed by atoms with Gasteiger partial charge in [-0.15, -0.1) is 0 Å². The Labute approximate surface area is 156 Å². The van der Waals surface area contributed by atoms with E-state index in [4.69, 9.17) is 24.1 Å². The zero-order chi connectivity index (χ0) is 19.3. The van der Waals surface area contributed by atoms with Gasteiger partial charge in [0.1, 0.15) is 17.8 Å². The Morgan fingerprint density at radius 1 is 1.48 bits per heavy atom. The quantitative estimate of drug-likeness (QED) is 0.309. The summed E-state index contributed by atoms with van der Waals surface area (Å²) in [4.78, 5) is 24.5. The maximum absolute atomic E-state index is 12.3. The van der Waals surface area contributed by atoms with Gasteiger partial charge in [0.15, 0.2) is 6.29 Å². The van der Waals surface area contributed by atoms with Crippen molar-refractivity contribution in [3.05, 3.63) is 23.8 Å². The fraction of sp³-hybridized carbons (Fsp3) is 0.684. The van der Waals surface area contributed by atoms with Crippen molar-refractivity contribution in [1.82, 2.24) is 0 Å². The van der Waals surface area contributed by atoms with Crippen molar-refractivity contribution in [3.63, 3.8) is 0 Å². The lowest BCUT2D eigenvalue weighted by atomic mass is 9.79. The van der Waals surface area contributed by atoms with E-state index in [2.05, 4.69) is 6.58 Å². The summed E-state index contributed by atoms with van der Waals surface area (Å²) in [5.74, 6) is -2.01. The number of rotatable bonds is 3. The van der Waals surface area contributed by atoms with Crippen molar-refractivity contribution in [1.29, 1.82) is 0 Å². The topological polar surface area (TPSA) is 115 Å². The molecule has 3 saturated heterocycles. The van der Waals surface area contributed by atoms with Gasteiger partial charge in [-0.25, -0.2) is 4.79 Å². The molecule has 5 rings (SSSR count). The standard InChI is InChI=1S/C19H24O8/c1-9(7-20)16(21)26-13-6-19-14(27-19)4-3-11(8-24-18(19)23)5-12-15(13)10(2)17(22)25-12/h5,10,12-15,18,20,23H,1,3-4,6-8H2,2H3/b11-5-/t10-,12+,13-,14+,15-,18-,19+/m0/s1. The van der Waals surface area contributed by atoms with Gasteiger partial charge in [-0.3, -0.25) is 4.79 Å². The monoisotopic (exact) mass is 380 g/mol. The van der Waals surface area contributed by atoms with E-state index in [-0.39, 0.29) is 30.7 Å². The number of carbonyl (C=O) groups is 2. The summed E-state index contributed by atoms with van der Waals surface area (Å²) < 4.78 is 22.6. The van der Waals surface area contributed by atoms with E-state index in [1.807, 2.05) is 6.08 Å². The van der Waals surface area contributed by atoms with E-state index in [1.54, 1.807) is 6.92 Å². The van der Waals surface area contributed by atoms with Crippen LogP contribution in [0.25, 0.3) is 0 Å². The Bertz CT molecular complexity index is 700. The highest BCUT2D eigenvalue weighted by molar-refractivity contribution is 5.88. The van der Waals surface area contributed by atoms with Crippen LogP contribution in [0.15, 0.2) is 23.8 Å². The van der Waals surface area contributed by atoms with Gasteiger partial charge in [-0.1, -0.05) is 13.5 Å². The minimum Gasteiger partial charge on any atom is -0.458 e. The Morgan fingerprint density at radius 2 is 2.26 bits per heavy atom. The van der Waals surface area contributed by atoms with Crippen LogP contribution < -0.4 is 0 Å². The van der Waals surface area contributed by atoms with Gasteiger partial charge in [-0.2, -0.15) is 0 Å². The van der Waals surface area contributed by atoms with Crippen molar-refractivity contribution in [2.45, 2.75) is 56.4 Å². The van der Waals surface area contributed by atoms with Crippen LogP contribution >= 0.6 is 0 Å². The van der Waals surface area contributed by atoms with Crippen molar-refractivity contribution >= 4 is 11.9 Å². The Hall–Kier alpha value is -1.74. The lowest BCUT2D eigenvalue weighted by Crippen LogP contribution is -2.46. The molecule has 3 fully saturated rings. The smallest absolute Gasteiger partial charge is 0.336 e. The maximum atomic E-state index is 12.3. The molecule has 0 aromatic rings. The van der Waals surface area contributed by atoms with E-state index >= 15 is 0 Å². The third kappa shape index (κ3) is 3.10. The number of ether oxygens (including phenoxy) is 4. The van der Waals surface area contributed by atoms with Gasteiger partial charge < -0.3 is 29.2 Å². The minimum atomic E-state index is -1.15. The summed E-state index contributed by atoms with van der Waals surface area (Å²) >= 11 is 0. The molecule has 27 heavy (non-hydrogen) atoms. The summed E-state index contributed by atoms with van der Waals surface area (Å²) in [6, 6.07) is 0.